The van der Waals surface area contributed by atoms with Gasteiger partial charge in [-0.1, -0.05) is 19.9 Å². The lowest BCUT2D eigenvalue weighted by molar-refractivity contribution is 0.0903. The minimum Gasteiger partial charge on any atom is -0.394 e. The molecular weight excluding hydrogens is 204 g/mol. The van der Waals surface area contributed by atoms with Crippen molar-refractivity contribution in [2.24, 2.45) is 5.92 Å². The molecule has 88 valence electrons. The first-order valence-electron chi connectivity index (χ1n) is 5.46. The van der Waals surface area contributed by atoms with Crippen molar-refractivity contribution in [2.75, 3.05) is 6.61 Å². The number of nitrogens with zero attached hydrogens (tertiary/aromatic N) is 1. The van der Waals surface area contributed by atoms with Gasteiger partial charge in [0.05, 0.1) is 12.6 Å². The maximum absolute atomic E-state index is 11.7. The van der Waals surface area contributed by atoms with E-state index in [2.05, 4.69) is 24.1 Å². The second kappa shape index (κ2) is 6.23. The molecule has 0 spiro atoms. The summed E-state index contributed by atoms with van der Waals surface area (Å²) in [5.41, 5.74) is 0.379. The number of hydrogen-bond donors (Lipinski definition) is 2. The van der Waals surface area contributed by atoms with E-state index in [4.69, 9.17) is 5.11 Å². The van der Waals surface area contributed by atoms with Gasteiger partial charge in [-0.15, -0.1) is 0 Å². The third-order valence-corrected chi connectivity index (χ3v) is 2.21. The highest BCUT2D eigenvalue weighted by Crippen LogP contribution is 2.05. The Kier molecular flexibility index (Phi) is 4.92. The Morgan fingerprint density at radius 2 is 2.25 bits per heavy atom. The van der Waals surface area contributed by atoms with Crippen molar-refractivity contribution in [1.29, 1.82) is 0 Å². The molecule has 1 atom stereocenters. The van der Waals surface area contributed by atoms with Crippen molar-refractivity contribution >= 4 is 5.91 Å². The molecule has 1 amide bonds. The topological polar surface area (TPSA) is 62.2 Å². The van der Waals surface area contributed by atoms with E-state index in [1.165, 1.54) is 0 Å². The lowest BCUT2D eigenvalue weighted by Gasteiger charge is -2.17. The number of rotatable bonds is 5. The number of hydrogen-bond acceptors (Lipinski definition) is 3. The van der Waals surface area contributed by atoms with Crippen LogP contribution < -0.4 is 5.32 Å². The van der Waals surface area contributed by atoms with Crippen LogP contribution in [0.5, 0.6) is 0 Å². The zero-order valence-corrected chi connectivity index (χ0v) is 9.68. The number of pyridine rings is 1. The minimum atomic E-state index is -0.236. The van der Waals surface area contributed by atoms with Crippen LogP contribution in [-0.4, -0.2) is 28.6 Å². The quantitative estimate of drug-likeness (QED) is 0.787. The van der Waals surface area contributed by atoms with E-state index in [9.17, 15) is 4.79 Å². The molecule has 2 N–H and O–H groups in total. The Hall–Kier alpha value is -1.42. The van der Waals surface area contributed by atoms with Crippen molar-refractivity contribution in [2.45, 2.75) is 26.3 Å². The van der Waals surface area contributed by atoms with Crippen LogP contribution in [0.15, 0.2) is 24.4 Å². The summed E-state index contributed by atoms with van der Waals surface area (Å²) in [6, 6.07) is 4.97. The first-order valence-corrected chi connectivity index (χ1v) is 5.46. The van der Waals surface area contributed by atoms with Crippen molar-refractivity contribution < 1.29 is 9.90 Å². The first-order chi connectivity index (χ1) is 7.63. The lowest BCUT2D eigenvalue weighted by Crippen LogP contribution is -2.38. The third kappa shape index (κ3) is 3.98. The highest BCUT2D eigenvalue weighted by molar-refractivity contribution is 5.92. The second-order valence-electron chi connectivity index (χ2n) is 4.20. The van der Waals surface area contributed by atoms with Crippen molar-refractivity contribution in [3.05, 3.63) is 30.1 Å². The smallest absolute Gasteiger partial charge is 0.270 e. The van der Waals surface area contributed by atoms with Crippen molar-refractivity contribution in [1.82, 2.24) is 10.3 Å². The molecule has 0 aliphatic rings. The maximum Gasteiger partial charge on any atom is 0.270 e. The van der Waals surface area contributed by atoms with E-state index in [1.54, 1.807) is 24.4 Å². The van der Waals surface area contributed by atoms with E-state index >= 15 is 0 Å². The summed E-state index contributed by atoms with van der Waals surface area (Å²) in [5, 5.41) is 11.9. The largest absolute Gasteiger partial charge is 0.394 e. The van der Waals surface area contributed by atoms with Crippen LogP contribution in [0.2, 0.25) is 0 Å². The molecule has 0 aliphatic carbocycles. The summed E-state index contributed by atoms with van der Waals surface area (Å²) in [6.45, 7) is 4.06. The van der Waals surface area contributed by atoms with Gasteiger partial charge in [0.2, 0.25) is 0 Å². The average Bonchev–Trinajstić information content (AvgIpc) is 2.28. The summed E-state index contributed by atoms with van der Waals surface area (Å²) in [7, 11) is 0. The first kappa shape index (κ1) is 12.6. The molecule has 0 aromatic carbocycles. The molecule has 4 heteroatoms. The normalized spacial score (nSPS) is 12.5. The molecule has 1 aromatic heterocycles. The summed E-state index contributed by atoms with van der Waals surface area (Å²) >= 11 is 0. The molecule has 16 heavy (non-hydrogen) atoms. The molecule has 0 saturated heterocycles. The van der Waals surface area contributed by atoms with Gasteiger partial charge in [0.25, 0.3) is 5.91 Å². The highest BCUT2D eigenvalue weighted by atomic mass is 16.3. The monoisotopic (exact) mass is 222 g/mol. The average molecular weight is 222 g/mol. The number of aliphatic hydroxyl groups excluding tert-OH is 1. The van der Waals surface area contributed by atoms with Crippen LogP contribution in [0.25, 0.3) is 0 Å². The number of aliphatic hydroxyl groups is 1. The molecule has 0 bridgehead atoms. The van der Waals surface area contributed by atoms with E-state index in [0.717, 1.165) is 6.42 Å². The fourth-order valence-electron chi connectivity index (χ4n) is 1.50. The number of aromatic nitrogens is 1. The molecule has 1 heterocycles. The van der Waals surface area contributed by atoms with E-state index in [-0.39, 0.29) is 18.6 Å². The van der Waals surface area contributed by atoms with Gasteiger partial charge in [0.1, 0.15) is 5.69 Å². The molecule has 4 nitrogen and oxygen atoms in total. The van der Waals surface area contributed by atoms with Crippen LogP contribution in [0.1, 0.15) is 30.8 Å². The van der Waals surface area contributed by atoms with Crippen LogP contribution in [0.4, 0.5) is 0 Å². The van der Waals surface area contributed by atoms with Crippen LogP contribution in [-0.2, 0) is 0 Å². The third-order valence-electron chi connectivity index (χ3n) is 2.21. The number of nitrogens with one attached hydrogen (secondary N) is 1. The highest BCUT2D eigenvalue weighted by Gasteiger charge is 2.14. The van der Waals surface area contributed by atoms with Gasteiger partial charge in [-0.05, 0) is 24.5 Å². The standard InChI is InChI=1S/C12H18N2O2/c1-9(2)7-10(8-15)14-12(16)11-5-3-4-6-13-11/h3-6,9-10,15H,7-8H2,1-2H3,(H,14,16)/t10-/m0/s1. The Labute approximate surface area is 95.7 Å². The Bertz CT molecular complexity index is 325. The fraction of sp³-hybridized carbons (Fsp3) is 0.500. The van der Waals surface area contributed by atoms with Crippen LogP contribution in [0, 0.1) is 5.92 Å². The molecule has 0 aliphatic heterocycles. The lowest BCUT2D eigenvalue weighted by atomic mass is 10.0. The van der Waals surface area contributed by atoms with Gasteiger partial charge in [-0.25, -0.2) is 0 Å². The molecule has 1 aromatic rings. The molecule has 0 unspecified atom stereocenters. The van der Waals surface area contributed by atoms with Crippen molar-refractivity contribution in [3.8, 4) is 0 Å². The Morgan fingerprint density at radius 3 is 2.75 bits per heavy atom. The van der Waals surface area contributed by atoms with Gasteiger partial charge in [-0.2, -0.15) is 0 Å². The predicted molar refractivity (Wildman–Crippen MR) is 62.0 cm³/mol. The van der Waals surface area contributed by atoms with Crippen LogP contribution >= 0.6 is 0 Å². The predicted octanol–water partition coefficient (Wildman–Crippen LogP) is 1.22. The number of amides is 1. The second-order valence-corrected chi connectivity index (χ2v) is 4.20. The van der Waals surface area contributed by atoms with Gasteiger partial charge in [0.15, 0.2) is 0 Å². The number of carbonyl (C=O) groups excluding carboxylic acids is 1. The summed E-state index contributed by atoms with van der Waals surface area (Å²) in [5.74, 6) is 0.196. The Balaban J connectivity index is 2.56. The van der Waals surface area contributed by atoms with Gasteiger partial charge in [0, 0.05) is 6.20 Å². The summed E-state index contributed by atoms with van der Waals surface area (Å²) in [4.78, 5) is 15.7. The minimum absolute atomic E-state index is 0.0449. The van der Waals surface area contributed by atoms with Crippen LogP contribution in [0.3, 0.4) is 0 Å². The Morgan fingerprint density at radius 1 is 1.50 bits per heavy atom. The summed E-state index contributed by atoms with van der Waals surface area (Å²) in [6.07, 6.45) is 2.33. The zero-order valence-electron chi connectivity index (χ0n) is 9.68. The van der Waals surface area contributed by atoms with E-state index in [1.807, 2.05) is 0 Å². The van der Waals surface area contributed by atoms with E-state index < -0.39 is 0 Å². The van der Waals surface area contributed by atoms with Gasteiger partial charge >= 0.3 is 0 Å². The summed E-state index contributed by atoms with van der Waals surface area (Å²) < 4.78 is 0. The van der Waals surface area contributed by atoms with Gasteiger partial charge < -0.3 is 10.4 Å². The fourth-order valence-corrected chi connectivity index (χ4v) is 1.50. The zero-order chi connectivity index (χ0) is 12.0. The van der Waals surface area contributed by atoms with Crippen molar-refractivity contribution in [3.63, 3.8) is 0 Å². The molecule has 0 saturated carbocycles. The molecule has 1 rings (SSSR count). The van der Waals surface area contributed by atoms with Gasteiger partial charge in [-0.3, -0.25) is 9.78 Å². The number of carbonyl (C=O) groups is 1. The van der Waals surface area contributed by atoms with E-state index in [0.29, 0.717) is 11.6 Å². The SMILES string of the molecule is CC(C)C[C@@H](CO)NC(=O)c1ccccn1. The maximum atomic E-state index is 11.7. The molecular formula is C12H18N2O2. The molecule has 0 radical (unpaired) electrons. The molecule has 0 fully saturated rings.